The third-order valence-corrected chi connectivity index (χ3v) is 5.74. The average Bonchev–Trinajstić information content (AvgIpc) is 3.41. The molecule has 1 saturated carbocycles. The van der Waals surface area contributed by atoms with Gasteiger partial charge in [0.2, 0.25) is 11.7 Å². The van der Waals surface area contributed by atoms with Crippen LogP contribution in [0.5, 0.6) is 0 Å². The van der Waals surface area contributed by atoms with Crippen molar-refractivity contribution in [1.29, 1.82) is 0 Å². The van der Waals surface area contributed by atoms with E-state index in [2.05, 4.69) is 5.32 Å². The van der Waals surface area contributed by atoms with Gasteiger partial charge in [0, 0.05) is 16.4 Å². The summed E-state index contributed by atoms with van der Waals surface area (Å²) in [6.07, 6.45) is 1.75. The standard InChI is InChI=1S/C19H18ClNO4S/c1-10-11(2)26-18(21-17(23)12-7-8-12)16(10)19(24)25-9-15(22)13-5-3-4-6-14(13)20/h3-6,12H,7-9H2,1-2H3,(H,21,23). The van der Waals surface area contributed by atoms with Gasteiger partial charge in [-0.2, -0.15) is 0 Å². The largest absolute Gasteiger partial charge is 0.454 e. The molecular weight excluding hydrogens is 374 g/mol. The van der Waals surface area contributed by atoms with E-state index in [1.807, 2.05) is 6.92 Å². The maximum atomic E-state index is 12.5. The van der Waals surface area contributed by atoms with E-state index in [1.165, 1.54) is 11.3 Å². The molecule has 26 heavy (non-hydrogen) atoms. The second kappa shape index (κ2) is 7.60. The number of amides is 1. The lowest BCUT2D eigenvalue weighted by molar-refractivity contribution is -0.117. The topological polar surface area (TPSA) is 72.5 Å². The zero-order valence-electron chi connectivity index (χ0n) is 14.4. The highest BCUT2D eigenvalue weighted by molar-refractivity contribution is 7.16. The lowest BCUT2D eigenvalue weighted by Gasteiger charge is -2.08. The van der Waals surface area contributed by atoms with E-state index < -0.39 is 12.6 Å². The lowest BCUT2D eigenvalue weighted by Crippen LogP contribution is -2.18. The molecule has 0 unspecified atom stereocenters. The molecule has 1 fully saturated rings. The first-order valence-corrected chi connectivity index (χ1v) is 9.43. The molecule has 0 bridgehead atoms. The van der Waals surface area contributed by atoms with Crippen molar-refractivity contribution in [2.24, 2.45) is 5.92 Å². The third-order valence-electron chi connectivity index (χ3n) is 4.28. The number of Topliss-reactive ketones (excluding diaryl/α,β-unsaturated/α-hetero) is 1. The van der Waals surface area contributed by atoms with Gasteiger partial charge in [-0.1, -0.05) is 23.7 Å². The predicted molar refractivity (Wildman–Crippen MR) is 101 cm³/mol. The molecule has 0 saturated heterocycles. The number of rotatable bonds is 6. The number of benzene rings is 1. The Kier molecular flexibility index (Phi) is 5.44. The zero-order valence-corrected chi connectivity index (χ0v) is 16.0. The van der Waals surface area contributed by atoms with Crippen LogP contribution in [0.25, 0.3) is 0 Å². The second-order valence-electron chi connectivity index (χ2n) is 6.23. The zero-order chi connectivity index (χ0) is 18.8. The summed E-state index contributed by atoms with van der Waals surface area (Å²) in [7, 11) is 0. The first kappa shape index (κ1) is 18.6. The first-order chi connectivity index (χ1) is 12.4. The monoisotopic (exact) mass is 391 g/mol. The molecule has 3 rings (SSSR count). The summed E-state index contributed by atoms with van der Waals surface area (Å²) in [6, 6.07) is 6.60. The van der Waals surface area contributed by atoms with Gasteiger partial charge < -0.3 is 10.1 Å². The van der Waals surface area contributed by atoms with Crippen LogP contribution >= 0.6 is 22.9 Å². The van der Waals surface area contributed by atoms with Crippen molar-refractivity contribution < 1.29 is 19.1 Å². The maximum absolute atomic E-state index is 12.5. The van der Waals surface area contributed by atoms with Gasteiger partial charge >= 0.3 is 5.97 Å². The quantitative estimate of drug-likeness (QED) is 0.584. The molecule has 0 atom stereocenters. The number of nitrogens with one attached hydrogen (secondary N) is 1. The molecule has 0 aliphatic heterocycles. The number of halogens is 1. The van der Waals surface area contributed by atoms with E-state index >= 15 is 0 Å². The van der Waals surface area contributed by atoms with Crippen LogP contribution in [0.1, 0.15) is 44.0 Å². The highest BCUT2D eigenvalue weighted by Gasteiger charge is 2.31. The van der Waals surface area contributed by atoms with Crippen LogP contribution in [-0.2, 0) is 9.53 Å². The van der Waals surface area contributed by atoms with Crippen LogP contribution in [0, 0.1) is 19.8 Å². The van der Waals surface area contributed by atoms with Gasteiger partial charge in [-0.3, -0.25) is 9.59 Å². The Balaban J connectivity index is 1.72. The Bertz CT molecular complexity index is 886. The van der Waals surface area contributed by atoms with Crippen LogP contribution < -0.4 is 5.32 Å². The number of thiophene rings is 1. The van der Waals surface area contributed by atoms with E-state index in [9.17, 15) is 14.4 Å². The van der Waals surface area contributed by atoms with Crippen LogP contribution in [-0.4, -0.2) is 24.3 Å². The molecule has 1 aliphatic rings. The Morgan fingerprint density at radius 2 is 1.92 bits per heavy atom. The van der Waals surface area contributed by atoms with Crippen LogP contribution in [0.2, 0.25) is 5.02 Å². The van der Waals surface area contributed by atoms with Gasteiger partial charge in [-0.15, -0.1) is 11.3 Å². The summed E-state index contributed by atoms with van der Waals surface area (Å²) in [5.41, 5.74) is 1.37. The van der Waals surface area contributed by atoms with Crippen LogP contribution in [0.3, 0.4) is 0 Å². The minimum Gasteiger partial charge on any atom is -0.454 e. The molecule has 5 nitrogen and oxygen atoms in total. The number of hydrogen-bond acceptors (Lipinski definition) is 5. The molecule has 1 N–H and O–H groups in total. The van der Waals surface area contributed by atoms with Crippen LogP contribution in [0.15, 0.2) is 24.3 Å². The molecule has 7 heteroatoms. The number of esters is 1. The molecule has 1 aromatic carbocycles. The van der Waals surface area contributed by atoms with E-state index in [0.717, 1.165) is 23.3 Å². The predicted octanol–water partition coefficient (Wildman–Crippen LogP) is 4.41. The van der Waals surface area contributed by atoms with Crippen molar-refractivity contribution >= 4 is 45.6 Å². The van der Waals surface area contributed by atoms with E-state index in [4.69, 9.17) is 16.3 Å². The van der Waals surface area contributed by atoms with E-state index in [0.29, 0.717) is 21.2 Å². The molecule has 1 heterocycles. The summed E-state index contributed by atoms with van der Waals surface area (Å²) >= 11 is 7.33. The van der Waals surface area contributed by atoms with Gasteiger partial charge in [-0.25, -0.2) is 4.79 Å². The molecule has 1 aliphatic carbocycles. The minimum atomic E-state index is -0.627. The molecule has 1 amide bonds. The second-order valence-corrected chi connectivity index (χ2v) is 7.86. The third kappa shape index (κ3) is 3.97. The van der Waals surface area contributed by atoms with Gasteiger partial charge in [0.25, 0.3) is 0 Å². The molecular formula is C19H18ClNO4S. The molecule has 0 spiro atoms. The summed E-state index contributed by atoms with van der Waals surface area (Å²) < 4.78 is 5.20. The number of ketones is 1. The van der Waals surface area contributed by atoms with E-state index in [1.54, 1.807) is 31.2 Å². The Morgan fingerprint density at radius 1 is 1.23 bits per heavy atom. The highest BCUT2D eigenvalue weighted by atomic mass is 35.5. The average molecular weight is 392 g/mol. The van der Waals surface area contributed by atoms with Gasteiger partial charge in [-0.05, 0) is 44.4 Å². The minimum absolute atomic E-state index is 0.0309. The van der Waals surface area contributed by atoms with Crippen molar-refractivity contribution in [2.75, 3.05) is 11.9 Å². The lowest BCUT2D eigenvalue weighted by atomic mass is 10.1. The van der Waals surface area contributed by atoms with Crippen molar-refractivity contribution in [2.45, 2.75) is 26.7 Å². The van der Waals surface area contributed by atoms with E-state index in [-0.39, 0.29) is 17.6 Å². The normalized spacial score (nSPS) is 13.3. The molecule has 136 valence electrons. The fourth-order valence-electron chi connectivity index (χ4n) is 2.49. The molecule has 2 aromatic rings. The Labute approximate surface area is 160 Å². The summed E-state index contributed by atoms with van der Waals surface area (Å²) in [5.74, 6) is -1.05. The first-order valence-electron chi connectivity index (χ1n) is 8.24. The number of ether oxygens (including phenoxy) is 1. The van der Waals surface area contributed by atoms with Crippen molar-refractivity contribution in [3.63, 3.8) is 0 Å². The SMILES string of the molecule is Cc1sc(NC(=O)C2CC2)c(C(=O)OCC(=O)c2ccccc2Cl)c1C. The van der Waals surface area contributed by atoms with Crippen molar-refractivity contribution in [1.82, 2.24) is 0 Å². The number of hydrogen-bond donors (Lipinski definition) is 1. The van der Waals surface area contributed by atoms with Gasteiger partial charge in [0.15, 0.2) is 6.61 Å². The summed E-state index contributed by atoms with van der Waals surface area (Å²) in [6.45, 7) is 3.26. The summed E-state index contributed by atoms with van der Waals surface area (Å²) in [4.78, 5) is 37.7. The molecule has 1 aromatic heterocycles. The Hall–Kier alpha value is -2.18. The van der Waals surface area contributed by atoms with Gasteiger partial charge in [0.1, 0.15) is 5.00 Å². The van der Waals surface area contributed by atoms with Crippen LogP contribution in [0.4, 0.5) is 5.00 Å². The number of anilines is 1. The number of carbonyl (C=O) groups is 3. The van der Waals surface area contributed by atoms with Crippen molar-refractivity contribution in [3.05, 3.63) is 50.9 Å². The van der Waals surface area contributed by atoms with Crippen molar-refractivity contribution in [3.8, 4) is 0 Å². The Morgan fingerprint density at radius 3 is 2.58 bits per heavy atom. The molecule has 0 radical (unpaired) electrons. The summed E-state index contributed by atoms with van der Waals surface area (Å²) in [5, 5.41) is 3.61. The van der Waals surface area contributed by atoms with Gasteiger partial charge in [0.05, 0.1) is 10.6 Å². The maximum Gasteiger partial charge on any atom is 0.341 e. The number of aryl methyl sites for hydroxylation is 1. The fourth-order valence-corrected chi connectivity index (χ4v) is 3.78. The fraction of sp³-hybridized carbons (Fsp3) is 0.316. The highest BCUT2D eigenvalue weighted by Crippen LogP contribution is 2.36. The smallest absolute Gasteiger partial charge is 0.341 e. The number of carbonyl (C=O) groups excluding carboxylic acids is 3.